The Bertz CT molecular complexity index is 1730. The van der Waals surface area contributed by atoms with E-state index in [9.17, 15) is 42.1 Å². The zero-order valence-corrected chi connectivity index (χ0v) is 21.6. The summed E-state index contributed by atoms with van der Waals surface area (Å²) in [4.78, 5) is 50.2. The smallest absolute Gasteiger partial charge is 0.269 e. The third-order valence-electron chi connectivity index (χ3n) is 7.23. The minimum absolute atomic E-state index is 0.0387. The van der Waals surface area contributed by atoms with Crippen LogP contribution in [0.15, 0.2) is 76.1 Å². The maximum absolute atomic E-state index is 14.5. The van der Waals surface area contributed by atoms with Crippen molar-refractivity contribution in [2.75, 3.05) is 11.4 Å². The molecule has 218 valence electrons. The Morgan fingerprint density at radius 2 is 1.60 bits per heavy atom. The number of halogens is 4. The van der Waals surface area contributed by atoms with E-state index in [0.717, 1.165) is 10.0 Å². The Morgan fingerprint density at radius 3 is 2.23 bits per heavy atom. The molecule has 43 heavy (non-hydrogen) atoms. The SMILES string of the molecule is O=C1[C@H]2N=NN(CC(=O)N3N=C(c4ccccc4)C[C@@H]3c3ccc([N+](=O)[O-])cc3)[C@@H]2C(=O)N1c1c(F)c(F)cc(F)c1F. The van der Waals surface area contributed by atoms with Crippen LogP contribution in [0.4, 0.5) is 28.9 Å². The lowest BCUT2D eigenvalue weighted by Crippen LogP contribution is -2.45. The molecular weight excluding hydrogens is 578 g/mol. The molecule has 3 atom stereocenters. The number of carbonyl (C=O) groups excluding carboxylic acids is 3. The van der Waals surface area contributed by atoms with Crippen LogP contribution in [-0.4, -0.2) is 57.0 Å². The Kier molecular flexibility index (Phi) is 6.67. The third-order valence-corrected chi connectivity index (χ3v) is 7.23. The summed E-state index contributed by atoms with van der Waals surface area (Å²) in [7, 11) is 0. The van der Waals surface area contributed by atoms with Crippen LogP contribution in [-0.2, 0) is 14.4 Å². The highest BCUT2D eigenvalue weighted by atomic mass is 19.2. The van der Waals surface area contributed by atoms with Crippen LogP contribution in [0.3, 0.4) is 0 Å². The van der Waals surface area contributed by atoms with Crippen LogP contribution in [0, 0.1) is 33.4 Å². The summed E-state index contributed by atoms with van der Waals surface area (Å²) in [6, 6.07) is 10.4. The molecular formula is C27H17F4N7O5. The van der Waals surface area contributed by atoms with Gasteiger partial charge >= 0.3 is 0 Å². The molecule has 0 spiro atoms. The first-order valence-electron chi connectivity index (χ1n) is 12.6. The third kappa shape index (κ3) is 4.56. The summed E-state index contributed by atoms with van der Waals surface area (Å²) in [6.07, 6.45) is 0.232. The van der Waals surface area contributed by atoms with Gasteiger partial charge in [-0.1, -0.05) is 47.7 Å². The normalized spacial score (nSPS) is 21.1. The number of anilines is 1. The monoisotopic (exact) mass is 595 g/mol. The van der Waals surface area contributed by atoms with E-state index in [1.165, 1.54) is 24.3 Å². The molecule has 12 nitrogen and oxygen atoms in total. The number of rotatable bonds is 6. The van der Waals surface area contributed by atoms with E-state index in [0.29, 0.717) is 16.8 Å². The van der Waals surface area contributed by atoms with Crippen LogP contribution in [0.5, 0.6) is 0 Å². The Hall–Kier alpha value is -5.54. The zero-order chi connectivity index (χ0) is 30.6. The first-order valence-corrected chi connectivity index (χ1v) is 12.6. The van der Waals surface area contributed by atoms with E-state index in [2.05, 4.69) is 15.4 Å². The van der Waals surface area contributed by atoms with E-state index in [-0.39, 0.29) is 23.1 Å². The number of hydrazone groups is 1. The lowest BCUT2D eigenvalue weighted by molar-refractivity contribution is -0.384. The number of imide groups is 1. The van der Waals surface area contributed by atoms with Crippen LogP contribution < -0.4 is 4.90 Å². The number of nitro groups is 1. The molecule has 3 heterocycles. The molecule has 6 rings (SSSR count). The number of benzene rings is 3. The summed E-state index contributed by atoms with van der Waals surface area (Å²) in [5.41, 5.74) is 0.0670. The number of fused-ring (bicyclic) bond motifs is 1. The van der Waals surface area contributed by atoms with Gasteiger partial charge in [-0.15, -0.1) is 0 Å². The molecule has 0 unspecified atom stereocenters. The van der Waals surface area contributed by atoms with Gasteiger partial charge in [0.2, 0.25) is 0 Å². The lowest BCUT2D eigenvalue weighted by atomic mass is 9.98. The highest BCUT2D eigenvalue weighted by Gasteiger charge is 2.57. The second-order valence-electron chi connectivity index (χ2n) is 9.74. The van der Waals surface area contributed by atoms with Crippen LogP contribution in [0.1, 0.15) is 23.6 Å². The molecule has 3 aliphatic heterocycles. The average Bonchev–Trinajstić information content (AvgIpc) is 3.69. The van der Waals surface area contributed by atoms with Crippen molar-refractivity contribution in [1.82, 2.24) is 10.0 Å². The van der Waals surface area contributed by atoms with Gasteiger partial charge in [0.05, 0.1) is 16.7 Å². The van der Waals surface area contributed by atoms with Crippen molar-refractivity contribution >= 4 is 34.8 Å². The van der Waals surface area contributed by atoms with E-state index < -0.39 is 76.3 Å². The van der Waals surface area contributed by atoms with Gasteiger partial charge in [0.1, 0.15) is 12.2 Å². The highest BCUT2D eigenvalue weighted by molar-refractivity contribution is 6.25. The zero-order valence-electron chi connectivity index (χ0n) is 21.6. The molecule has 0 saturated carbocycles. The molecule has 16 heteroatoms. The fraction of sp³-hybridized carbons (Fsp3) is 0.185. The molecule has 0 aliphatic carbocycles. The van der Waals surface area contributed by atoms with Crippen LogP contribution in [0.2, 0.25) is 0 Å². The summed E-state index contributed by atoms with van der Waals surface area (Å²) >= 11 is 0. The quantitative estimate of drug-likeness (QED) is 0.140. The minimum Gasteiger partial charge on any atom is -0.271 e. The van der Waals surface area contributed by atoms with Crippen molar-refractivity contribution in [3.05, 3.63) is 105 Å². The molecule has 0 radical (unpaired) electrons. The number of nitrogens with zero attached hydrogens (tertiary/aromatic N) is 7. The van der Waals surface area contributed by atoms with Gasteiger partial charge in [0.25, 0.3) is 23.4 Å². The number of amides is 3. The molecule has 1 fully saturated rings. The van der Waals surface area contributed by atoms with Crippen molar-refractivity contribution in [3.63, 3.8) is 0 Å². The topological polar surface area (TPSA) is 141 Å². The summed E-state index contributed by atoms with van der Waals surface area (Å²) < 4.78 is 56.6. The van der Waals surface area contributed by atoms with Crippen molar-refractivity contribution < 1.29 is 36.9 Å². The van der Waals surface area contributed by atoms with E-state index in [4.69, 9.17) is 0 Å². The second kappa shape index (κ2) is 10.4. The van der Waals surface area contributed by atoms with E-state index in [1.54, 1.807) is 30.3 Å². The van der Waals surface area contributed by atoms with Crippen molar-refractivity contribution in [2.45, 2.75) is 24.5 Å². The van der Waals surface area contributed by atoms with Gasteiger partial charge in [0, 0.05) is 24.6 Å². The number of hydrogen-bond acceptors (Lipinski definition) is 9. The molecule has 3 aromatic rings. The molecule has 3 aliphatic rings. The Morgan fingerprint density at radius 1 is 0.953 bits per heavy atom. The molecule has 0 bridgehead atoms. The highest BCUT2D eigenvalue weighted by Crippen LogP contribution is 2.37. The maximum atomic E-state index is 14.5. The molecule has 3 amide bonds. The number of carbonyl (C=O) groups is 3. The molecule has 3 aromatic carbocycles. The van der Waals surface area contributed by atoms with Crippen molar-refractivity contribution in [2.24, 2.45) is 15.4 Å². The van der Waals surface area contributed by atoms with Crippen molar-refractivity contribution in [1.29, 1.82) is 0 Å². The Labute approximate surface area is 238 Å². The van der Waals surface area contributed by atoms with E-state index >= 15 is 0 Å². The maximum Gasteiger partial charge on any atom is 0.269 e. The summed E-state index contributed by atoms with van der Waals surface area (Å²) in [5.74, 6) is -10.8. The largest absolute Gasteiger partial charge is 0.271 e. The van der Waals surface area contributed by atoms with Crippen LogP contribution >= 0.6 is 0 Å². The predicted octanol–water partition coefficient (Wildman–Crippen LogP) is 3.82. The van der Waals surface area contributed by atoms with E-state index in [1.807, 2.05) is 0 Å². The standard InChI is InChI=1S/C27H17F4N7O5/c28-16-10-17(29)22(31)24(21(16)30)36-26(40)23-25(27(36)41)35(34-32-23)12-20(39)37-19(14-6-8-15(9-7-14)38(42)43)11-18(33-37)13-4-2-1-3-5-13/h1-10,19,23,25H,11-12H2/t19-,23+,25+/m1/s1. The fourth-order valence-corrected chi connectivity index (χ4v) is 5.17. The number of hydrogen-bond donors (Lipinski definition) is 0. The molecule has 0 aromatic heterocycles. The van der Waals surface area contributed by atoms with Gasteiger partial charge < -0.3 is 0 Å². The first-order chi connectivity index (χ1) is 20.6. The summed E-state index contributed by atoms with van der Waals surface area (Å²) in [5, 5.41) is 24.9. The first kappa shape index (κ1) is 27.6. The van der Waals surface area contributed by atoms with Gasteiger partial charge in [-0.25, -0.2) is 27.5 Å². The minimum atomic E-state index is -1.95. The van der Waals surface area contributed by atoms with Crippen molar-refractivity contribution in [3.8, 4) is 0 Å². The van der Waals surface area contributed by atoms with Gasteiger partial charge in [-0.2, -0.15) is 10.2 Å². The fourth-order valence-electron chi connectivity index (χ4n) is 5.17. The predicted molar refractivity (Wildman–Crippen MR) is 138 cm³/mol. The molecule has 0 N–H and O–H groups in total. The lowest BCUT2D eigenvalue weighted by Gasteiger charge is -2.25. The number of nitro benzene ring substituents is 1. The number of non-ortho nitro benzene ring substituents is 1. The van der Waals surface area contributed by atoms with Gasteiger partial charge in [0.15, 0.2) is 35.4 Å². The van der Waals surface area contributed by atoms with Gasteiger partial charge in [-0.3, -0.25) is 29.5 Å². The van der Waals surface area contributed by atoms with Crippen LogP contribution in [0.25, 0.3) is 0 Å². The van der Waals surface area contributed by atoms with Gasteiger partial charge in [-0.05, 0) is 11.1 Å². The molecule has 1 saturated heterocycles. The summed E-state index contributed by atoms with van der Waals surface area (Å²) in [6.45, 7) is -0.672. The Balaban J connectivity index is 1.28. The average molecular weight is 595 g/mol. The second-order valence-corrected chi connectivity index (χ2v) is 9.74.